The third kappa shape index (κ3) is 2.76. The van der Waals surface area contributed by atoms with Gasteiger partial charge in [-0.25, -0.2) is 0 Å². The number of aromatic hydroxyl groups is 1. The summed E-state index contributed by atoms with van der Waals surface area (Å²) in [6.07, 6.45) is 0. The molecule has 0 aliphatic heterocycles. The molecule has 0 spiro atoms. The van der Waals surface area contributed by atoms with Crippen molar-refractivity contribution in [2.45, 2.75) is 0 Å². The Morgan fingerprint density at radius 2 is 1.43 bits per heavy atom. The van der Waals surface area contributed by atoms with Crippen LogP contribution in [0.15, 0.2) is 41.2 Å². The molecule has 0 atom stereocenters. The van der Waals surface area contributed by atoms with E-state index in [-0.39, 0.29) is 22.7 Å². The molecule has 21 heavy (non-hydrogen) atoms. The molecule has 0 aliphatic carbocycles. The maximum Gasteiger partial charge on any atom is 0.220 e. The minimum atomic E-state index is -0.222. The van der Waals surface area contributed by atoms with Crippen molar-refractivity contribution in [2.24, 2.45) is 0 Å². The van der Waals surface area contributed by atoms with Crippen molar-refractivity contribution >= 4 is 0 Å². The highest BCUT2D eigenvalue weighted by Gasteiger charge is 2.15. The van der Waals surface area contributed by atoms with Gasteiger partial charge < -0.3 is 19.3 Å². The van der Waals surface area contributed by atoms with Gasteiger partial charge in [0.2, 0.25) is 11.2 Å². The molecule has 0 heterocycles. The highest BCUT2D eigenvalue weighted by molar-refractivity contribution is 5.75. The smallest absolute Gasteiger partial charge is 0.220 e. The standard InChI is InChI=1S/C16H16O5/c1-19-13-8-5-10(4-7-12(13)17)11-6-9-14(20-2)15(18)16(11)21-3/h4-9,18H,1-3H3. The summed E-state index contributed by atoms with van der Waals surface area (Å²) in [7, 11) is 4.36. The third-order valence-corrected chi connectivity index (χ3v) is 3.12. The second-order valence-electron chi connectivity index (χ2n) is 4.25. The molecule has 0 radical (unpaired) electrons. The van der Waals surface area contributed by atoms with Crippen LogP contribution >= 0.6 is 0 Å². The van der Waals surface area contributed by atoms with E-state index in [2.05, 4.69) is 0 Å². The highest BCUT2D eigenvalue weighted by Crippen LogP contribution is 2.43. The van der Waals surface area contributed by atoms with Gasteiger partial charge in [-0.1, -0.05) is 12.1 Å². The number of phenols is 1. The first-order valence-corrected chi connectivity index (χ1v) is 6.25. The fourth-order valence-corrected chi connectivity index (χ4v) is 2.05. The first kappa shape index (κ1) is 14.7. The second kappa shape index (κ2) is 6.17. The van der Waals surface area contributed by atoms with E-state index in [0.717, 1.165) is 0 Å². The molecule has 110 valence electrons. The van der Waals surface area contributed by atoms with E-state index in [4.69, 9.17) is 14.2 Å². The van der Waals surface area contributed by atoms with Crippen molar-refractivity contribution in [3.63, 3.8) is 0 Å². The molecule has 0 amide bonds. The zero-order valence-electron chi connectivity index (χ0n) is 12.0. The fourth-order valence-electron chi connectivity index (χ4n) is 2.05. The summed E-state index contributed by atoms with van der Waals surface area (Å²) >= 11 is 0. The molecule has 2 rings (SSSR count). The molecule has 0 aromatic heterocycles. The second-order valence-corrected chi connectivity index (χ2v) is 4.25. The molecule has 2 aromatic rings. The van der Waals surface area contributed by atoms with E-state index in [0.29, 0.717) is 16.9 Å². The van der Waals surface area contributed by atoms with Gasteiger partial charge in [0.05, 0.1) is 21.3 Å². The maximum atomic E-state index is 11.7. The zero-order chi connectivity index (χ0) is 15.4. The van der Waals surface area contributed by atoms with E-state index in [1.165, 1.54) is 27.4 Å². The molecule has 0 unspecified atom stereocenters. The van der Waals surface area contributed by atoms with Crippen molar-refractivity contribution in [1.82, 2.24) is 0 Å². The Bertz CT molecular complexity index is 709. The number of hydrogen-bond acceptors (Lipinski definition) is 5. The van der Waals surface area contributed by atoms with Crippen LogP contribution in [0.4, 0.5) is 0 Å². The molecule has 0 saturated heterocycles. The van der Waals surface area contributed by atoms with E-state index in [1.54, 1.807) is 30.3 Å². The van der Waals surface area contributed by atoms with E-state index in [9.17, 15) is 9.90 Å². The van der Waals surface area contributed by atoms with Crippen molar-refractivity contribution in [3.05, 3.63) is 46.6 Å². The predicted octanol–water partition coefficient (Wildman–Crippen LogP) is 2.45. The Balaban J connectivity index is 2.65. The lowest BCUT2D eigenvalue weighted by Gasteiger charge is -2.12. The van der Waals surface area contributed by atoms with Gasteiger partial charge in [0, 0.05) is 5.56 Å². The topological polar surface area (TPSA) is 65.0 Å². The first-order chi connectivity index (χ1) is 10.1. The average molecular weight is 288 g/mol. The Hall–Kier alpha value is -2.69. The van der Waals surface area contributed by atoms with Crippen LogP contribution in [0.1, 0.15) is 0 Å². The monoisotopic (exact) mass is 288 g/mol. The fraction of sp³-hybridized carbons (Fsp3) is 0.188. The van der Waals surface area contributed by atoms with E-state index >= 15 is 0 Å². The van der Waals surface area contributed by atoms with E-state index in [1.807, 2.05) is 0 Å². The van der Waals surface area contributed by atoms with Crippen molar-refractivity contribution < 1.29 is 19.3 Å². The molecule has 1 N–H and O–H groups in total. The van der Waals surface area contributed by atoms with Crippen LogP contribution in [0.25, 0.3) is 11.1 Å². The molecular formula is C16H16O5. The van der Waals surface area contributed by atoms with E-state index < -0.39 is 0 Å². The van der Waals surface area contributed by atoms with Gasteiger partial charge in [0.15, 0.2) is 17.2 Å². The molecule has 5 nitrogen and oxygen atoms in total. The van der Waals surface area contributed by atoms with Crippen LogP contribution in [-0.2, 0) is 0 Å². The lowest BCUT2D eigenvalue weighted by molar-refractivity contribution is 0.341. The van der Waals surface area contributed by atoms with Crippen molar-refractivity contribution in [1.29, 1.82) is 0 Å². The van der Waals surface area contributed by atoms with Crippen LogP contribution in [0.2, 0.25) is 0 Å². The minimum absolute atomic E-state index is 0.0849. The van der Waals surface area contributed by atoms with Gasteiger partial charge in [-0.2, -0.15) is 0 Å². The number of hydrogen-bond donors (Lipinski definition) is 1. The van der Waals surface area contributed by atoms with Crippen LogP contribution in [-0.4, -0.2) is 26.4 Å². The molecule has 0 fully saturated rings. The summed E-state index contributed by atoms with van der Waals surface area (Å²) in [5, 5.41) is 10.1. The maximum absolute atomic E-state index is 11.7. The Morgan fingerprint density at radius 3 is 2.05 bits per heavy atom. The number of ether oxygens (including phenoxy) is 3. The van der Waals surface area contributed by atoms with Gasteiger partial charge in [0.25, 0.3) is 0 Å². The summed E-state index contributed by atoms with van der Waals surface area (Å²) in [5.41, 5.74) is 1.14. The summed E-state index contributed by atoms with van der Waals surface area (Å²) in [6.45, 7) is 0. The Kier molecular flexibility index (Phi) is 4.33. The summed E-state index contributed by atoms with van der Waals surface area (Å²) < 4.78 is 15.3. The van der Waals surface area contributed by atoms with Crippen LogP contribution in [0, 0.1) is 0 Å². The number of benzene rings is 1. The van der Waals surface area contributed by atoms with Crippen molar-refractivity contribution in [2.75, 3.05) is 21.3 Å². The lowest BCUT2D eigenvalue weighted by atomic mass is 10.1. The predicted molar refractivity (Wildman–Crippen MR) is 79.5 cm³/mol. The Labute approximate surface area is 122 Å². The first-order valence-electron chi connectivity index (χ1n) is 6.25. The molecular weight excluding hydrogens is 272 g/mol. The number of phenolic OH excluding ortho intramolecular Hbond substituents is 1. The molecule has 2 aromatic carbocycles. The van der Waals surface area contributed by atoms with Gasteiger partial charge in [-0.3, -0.25) is 4.79 Å². The molecule has 0 saturated carbocycles. The summed E-state index contributed by atoms with van der Waals surface area (Å²) in [5.74, 6) is 0.765. The zero-order valence-corrected chi connectivity index (χ0v) is 12.0. The number of rotatable bonds is 4. The SMILES string of the molecule is COc1ccc(-c2ccc(OC)c(=O)cc2)c(OC)c1O. The average Bonchev–Trinajstić information content (AvgIpc) is 2.68. The highest BCUT2D eigenvalue weighted by atomic mass is 16.5. The largest absolute Gasteiger partial charge is 0.502 e. The van der Waals surface area contributed by atoms with Crippen LogP contribution < -0.4 is 19.6 Å². The van der Waals surface area contributed by atoms with Crippen LogP contribution in [0.3, 0.4) is 0 Å². The minimum Gasteiger partial charge on any atom is -0.502 e. The lowest BCUT2D eigenvalue weighted by Crippen LogP contribution is -1.98. The molecule has 0 bridgehead atoms. The van der Waals surface area contributed by atoms with Gasteiger partial charge in [0.1, 0.15) is 0 Å². The summed E-state index contributed by atoms with van der Waals surface area (Å²) in [6, 6.07) is 9.76. The van der Waals surface area contributed by atoms with Gasteiger partial charge in [-0.05, 0) is 29.8 Å². The Morgan fingerprint density at radius 1 is 0.810 bits per heavy atom. The molecule has 0 aliphatic rings. The molecule has 5 heteroatoms. The quantitative estimate of drug-likeness (QED) is 0.936. The van der Waals surface area contributed by atoms with Crippen LogP contribution in [0.5, 0.6) is 23.0 Å². The third-order valence-electron chi connectivity index (χ3n) is 3.12. The summed E-state index contributed by atoms with van der Waals surface area (Å²) in [4.78, 5) is 11.7. The van der Waals surface area contributed by atoms with Gasteiger partial charge in [-0.15, -0.1) is 0 Å². The van der Waals surface area contributed by atoms with Gasteiger partial charge >= 0.3 is 0 Å². The van der Waals surface area contributed by atoms with Crippen molar-refractivity contribution in [3.8, 4) is 34.1 Å². The number of methoxy groups -OCH3 is 3. The normalized spacial score (nSPS) is 10.0.